The molecule has 1 aliphatic rings. The summed E-state index contributed by atoms with van der Waals surface area (Å²) in [6, 6.07) is 5.67. The van der Waals surface area contributed by atoms with Crippen LogP contribution in [-0.2, 0) is 15.6 Å². The number of carboxylic acid groups (broad SMARTS) is 1. The number of carbonyl (C=O) groups excluding carboxylic acids is 1. The second-order valence-electron chi connectivity index (χ2n) is 6.07. The highest BCUT2D eigenvalue weighted by Gasteiger charge is 2.38. The van der Waals surface area contributed by atoms with Crippen molar-refractivity contribution in [1.82, 2.24) is 14.3 Å². The molecule has 0 spiro atoms. The Morgan fingerprint density at radius 1 is 1.25 bits per heavy atom. The van der Waals surface area contributed by atoms with Crippen LogP contribution in [0.15, 0.2) is 24.3 Å². The molecule has 1 aromatic carbocycles. The van der Waals surface area contributed by atoms with Crippen molar-refractivity contribution in [3.05, 3.63) is 35.4 Å². The maximum atomic E-state index is 12.3. The van der Waals surface area contributed by atoms with Crippen LogP contribution in [0.5, 0.6) is 0 Å². The number of piperidine rings is 1. The predicted octanol–water partition coefficient (Wildman–Crippen LogP) is 0.912. The number of nitrogens with zero attached hydrogens (tertiary/aromatic N) is 1. The summed E-state index contributed by atoms with van der Waals surface area (Å²) in [5, 5.41) is 11.2. The first-order valence-corrected chi connectivity index (χ1v) is 8.95. The highest BCUT2D eigenvalue weighted by Crippen LogP contribution is 2.34. The predicted molar refractivity (Wildman–Crippen MR) is 88.1 cm³/mol. The Hall–Kier alpha value is -2.13. The van der Waals surface area contributed by atoms with E-state index in [4.69, 9.17) is 5.11 Å². The van der Waals surface area contributed by atoms with E-state index in [1.165, 1.54) is 23.5 Å². The summed E-state index contributed by atoms with van der Waals surface area (Å²) in [6.45, 7) is 2.48. The van der Waals surface area contributed by atoms with Gasteiger partial charge in [0.05, 0.1) is 5.56 Å². The first kappa shape index (κ1) is 18.2. The first-order valence-electron chi connectivity index (χ1n) is 7.51. The number of rotatable bonds is 4. The van der Waals surface area contributed by atoms with E-state index in [1.54, 1.807) is 12.1 Å². The molecule has 2 rings (SSSR count). The third-order valence-electron chi connectivity index (χ3n) is 4.28. The number of amides is 2. The first-order chi connectivity index (χ1) is 11.2. The van der Waals surface area contributed by atoms with Crippen LogP contribution in [0.4, 0.5) is 4.79 Å². The molecule has 1 fully saturated rings. The Morgan fingerprint density at radius 3 is 2.42 bits per heavy atom. The molecule has 1 atom stereocenters. The van der Waals surface area contributed by atoms with E-state index in [-0.39, 0.29) is 12.1 Å². The fraction of sp³-hybridized carbons (Fsp3) is 0.467. The second kappa shape index (κ2) is 6.78. The van der Waals surface area contributed by atoms with Gasteiger partial charge in [0.25, 0.3) is 0 Å². The van der Waals surface area contributed by atoms with Gasteiger partial charge >= 0.3 is 22.2 Å². The van der Waals surface area contributed by atoms with E-state index in [1.807, 2.05) is 11.6 Å². The third kappa shape index (κ3) is 3.85. The molecule has 0 radical (unpaired) electrons. The summed E-state index contributed by atoms with van der Waals surface area (Å²) in [6.07, 6.45) is 1.41. The Labute approximate surface area is 141 Å². The molecule has 1 heterocycles. The highest BCUT2D eigenvalue weighted by atomic mass is 32.2. The van der Waals surface area contributed by atoms with Gasteiger partial charge in [0, 0.05) is 25.6 Å². The number of urea groups is 1. The lowest BCUT2D eigenvalue weighted by Gasteiger charge is -2.40. The monoisotopic (exact) mass is 355 g/mol. The minimum absolute atomic E-state index is 0.184. The van der Waals surface area contributed by atoms with Crippen LogP contribution in [0.2, 0.25) is 0 Å². The van der Waals surface area contributed by atoms with Crippen molar-refractivity contribution in [2.45, 2.75) is 25.2 Å². The van der Waals surface area contributed by atoms with Crippen LogP contribution < -0.4 is 10.0 Å². The molecule has 9 heteroatoms. The summed E-state index contributed by atoms with van der Waals surface area (Å²) >= 11 is 0. The standard InChI is InChI=1S/C15H21N3O5S/c1-15(12-6-4-11(5-7-12)13(19)20)8-3-9-18(10-15)24(22,23)17-14(21)16-2/h4-7H,3,8-10H2,1-2H3,(H,19,20)(H2,16,17,21). The second-order valence-corrected chi connectivity index (χ2v) is 7.74. The lowest BCUT2D eigenvalue weighted by Crippen LogP contribution is -2.53. The van der Waals surface area contributed by atoms with Gasteiger partial charge in [-0.25, -0.2) is 14.3 Å². The number of carbonyl (C=O) groups is 2. The van der Waals surface area contributed by atoms with E-state index in [0.29, 0.717) is 13.0 Å². The van der Waals surface area contributed by atoms with Crippen LogP contribution in [0.1, 0.15) is 35.7 Å². The minimum Gasteiger partial charge on any atom is -0.478 e. The normalized spacial score (nSPS) is 21.9. The van der Waals surface area contributed by atoms with Gasteiger partial charge in [0.2, 0.25) is 0 Å². The molecule has 0 saturated carbocycles. The largest absolute Gasteiger partial charge is 0.478 e. The van der Waals surface area contributed by atoms with Gasteiger partial charge in [-0.15, -0.1) is 0 Å². The van der Waals surface area contributed by atoms with Gasteiger partial charge in [0.15, 0.2) is 0 Å². The van der Waals surface area contributed by atoms with Crippen molar-refractivity contribution >= 4 is 22.2 Å². The van der Waals surface area contributed by atoms with E-state index in [9.17, 15) is 18.0 Å². The Morgan fingerprint density at radius 2 is 1.88 bits per heavy atom. The lowest BCUT2D eigenvalue weighted by atomic mass is 9.76. The summed E-state index contributed by atoms with van der Waals surface area (Å²) in [5.41, 5.74) is 0.600. The number of aromatic carboxylic acids is 1. The molecule has 2 amide bonds. The van der Waals surface area contributed by atoms with Gasteiger partial charge in [-0.05, 0) is 30.5 Å². The maximum absolute atomic E-state index is 12.3. The van der Waals surface area contributed by atoms with Gasteiger partial charge < -0.3 is 10.4 Å². The molecule has 1 aliphatic heterocycles. The molecule has 24 heavy (non-hydrogen) atoms. The van der Waals surface area contributed by atoms with Crippen molar-refractivity contribution in [3.8, 4) is 0 Å². The number of hydrogen-bond acceptors (Lipinski definition) is 4. The fourth-order valence-electron chi connectivity index (χ4n) is 2.88. The smallest absolute Gasteiger partial charge is 0.335 e. The lowest BCUT2D eigenvalue weighted by molar-refractivity contribution is 0.0696. The Bertz CT molecular complexity index is 732. The number of hydrogen-bond donors (Lipinski definition) is 3. The van der Waals surface area contributed by atoms with Gasteiger partial charge in [-0.3, -0.25) is 0 Å². The van der Waals surface area contributed by atoms with Gasteiger partial charge in [-0.1, -0.05) is 19.1 Å². The van der Waals surface area contributed by atoms with Gasteiger partial charge in [-0.2, -0.15) is 12.7 Å². The average molecular weight is 355 g/mol. The zero-order valence-corrected chi connectivity index (χ0v) is 14.4. The van der Waals surface area contributed by atoms with E-state index < -0.39 is 27.6 Å². The Kier molecular flexibility index (Phi) is 5.14. The van der Waals surface area contributed by atoms with Crippen molar-refractivity contribution in [2.75, 3.05) is 20.1 Å². The molecule has 8 nitrogen and oxygen atoms in total. The molecule has 132 valence electrons. The SMILES string of the molecule is CNC(=O)NS(=O)(=O)N1CCCC(C)(c2ccc(C(=O)O)cc2)C1. The average Bonchev–Trinajstić information content (AvgIpc) is 2.54. The zero-order chi connectivity index (χ0) is 18.0. The maximum Gasteiger partial charge on any atom is 0.335 e. The molecular formula is C15H21N3O5S. The topological polar surface area (TPSA) is 116 Å². The molecule has 0 aromatic heterocycles. The Balaban J connectivity index is 2.22. The minimum atomic E-state index is -3.92. The number of carboxylic acids is 1. The van der Waals surface area contributed by atoms with Crippen molar-refractivity contribution in [3.63, 3.8) is 0 Å². The summed E-state index contributed by atoms with van der Waals surface area (Å²) in [7, 11) is -2.58. The molecule has 0 bridgehead atoms. The molecule has 0 aliphatic carbocycles. The summed E-state index contributed by atoms with van der Waals surface area (Å²) in [5.74, 6) is -1.01. The van der Waals surface area contributed by atoms with E-state index in [0.717, 1.165) is 12.0 Å². The number of benzene rings is 1. The van der Waals surface area contributed by atoms with Crippen LogP contribution in [-0.4, -0.2) is 50.0 Å². The molecule has 1 saturated heterocycles. The van der Waals surface area contributed by atoms with Crippen molar-refractivity contribution < 1.29 is 23.1 Å². The summed E-state index contributed by atoms with van der Waals surface area (Å²) in [4.78, 5) is 22.3. The van der Waals surface area contributed by atoms with Crippen LogP contribution in [0.3, 0.4) is 0 Å². The number of nitrogens with one attached hydrogen (secondary N) is 2. The third-order valence-corrected chi connectivity index (χ3v) is 5.71. The van der Waals surface area contributed by atoms with Crippen LogP contribution in [0.25, 0.3) is 0 Å². The fourth-order valence-corrected chi connectivity index (χ4v) is 4.17. The van der Waals surface area contributed by atoms with E-state index >= 15 is 0 Å². The van der Waals surface area contributed by atoms with Crippen LogP contribution >= 0.6 is 0 Å². The quantitative estimate of drug-likeness (QED) is 0.742. The van der Waals surface area contributed by atoms with Crippen LogP contribution in [0, 0.1) is 0 Å². The van der Waals surface area contributed by atoms with Crippen molar-refractivity contribution in [1.29, 1.82) is 0 Å². The summed E-state index contributed by atoms with van der Waals surface area (Å²) < 4.78 is 27.8. The molecule has 3 N–H and O–H groups in total. The van der Waals surface area contributed by atoms with Crippen molar-refractivity contribution in [2.24, 2.45) is 0 Å². The highest BCUT2D eigenvalue weighted by molar-refractivity contribution is 7.87. The van der Waals surface area contributed by atoms with Gasteiger partial charge in [0.1, 0.15) is 0 Å². The van der Waals surface area contributed by atoms with E-state index in [2.05, 4.69) is 5.32 Å². The zero-order valence-electron chi connectivity index (χ0n) is 13.6. The molecular weight excluding hydrogens is 334 g/mol. The molecule has 1 unspecified atom stereocenters. The molecule has 1 aromatic rings.